The number of para-hydroxylation sites is 1. The molecule has 2 heterocycles. The predicted octanol–water partition coefficient (Wildman–Crippen LogP) is 4.61. The van der Waals surface area contributed by atoms with Crippen LogP contribution < -0.4 is 4.74 Å². The molecule has 1 amide bonds. The van der Waals surface area contributed by atoms with Crippen LogP contribution in [0.15, 0.2) is 48.5 Å². The number of carbonyl (C=O) groups is 1. The quantitative estimate of drug-likeness (QED) is 0.630. The minimum atomic E-state index is -0.141. The Morgan fingerprint density at radius 2 is 1.90 bits per heavy atom. The zero-order chi connectivity index (χ0) is 20.4. The Hall–Kier alpha value is -2.86. The van der Waals surface area contributed by atoms with Crippen molar-refractivity contribution in [1.82, 2.24) is 19.7 Å². The molecule has 0 aliphatic carbocycles. The van der Waals surface area contributed by atoms with Gasteiger partial charge in [0.15, 0.2) is 5.82 Å². The van der Waals surface area contributed by atoms with Gasteiger partial charge in [0.25, 0.3) is 5.91 Å². The maximum absolute atomic E-state index is 13.2. The number of ether oxygens (including phenoxy) is 1. The molecule has 0 radical (unpaired) electrons. The van der Waals surface area contributed by atoms with Crippen LogP contribution in [0.5, 0.6) is 5.75 Å². The van der Waals surface area contributed by atoms with Gasteiger partial charge in [-0.1, -0.05) is 23.7 Å². The van der Waals surface area contributed by atoms with Gasteiger partial charge in [-0.2, -0.15) is 0 Å². The van der Waals surface area contributed by atoms with E-state index in [0.29, 0.717) is 16.5 Å². The van der Waals surface area contributed by atoms with Crippen molar-refractivity contribution in [1.29, 1.82) is 0 Å². The lowest BCUT2D eigenvalue weighted by molar-refractivity contribution is 0.0623. The van der Waals surface area contributed by atoms with E-state index in [1.807, 2.05) is 47.4 Å². The van der Waals surface area contributed by atoms with Crippen molar-refractivity contribution in [3.8, 4) is 22.8 Å². The second kappa shape index (κ2) is 8.25. The molecule has 1 saturated heterocycles. The van der Waals surface area contributed by atoms with E-state index in [0.717, 1.165) is 37.1 Å². The molecule has 0 N–H and O–H groups in total. The van der Waals surface area contributed by atoms with Gasteiger partial charge >= 0.3 is 0 Å². The van der Waals surface area contributed by atoms with E-state index in [2.05, 4.69) is 17.0 Å². The average Bonchev–Trinajstić information content (AvgIpc) is 3.19. The first-order chi connectivity index (χ1) is 14.1. The Kier molecular flexibility index (Phi) is 5.53. The van der Waals surface area contributed by atoms with Gasteiger partial charge in [0, 0.05) is 18.2 Å². The van der Waals surface area contributed by atoms with Crippen molar-refractivity contribution in [2.75, 3.05) is 13.7 Å². The average molecular weight is 411 g/mol. The molecule has 3 aromatic rings. The van der Waals surface area contributed by atoms with Gasteiger partial charge in [-0.3, -0.25) is 4.79 Å². The minimum Gasteiger partial charge on any atom is -0.497 e. The Balaban J connectivity index is 1.80. The summed E-state index contributed by atoms with van der Waals surface area (Å²) in [6, 6.07) is 15.1. The van der Waals surface area contributed by atoms with E-state index in [1.54, 1.807) is 17.9 Å². The summed E-state index contributed by atoms with van der Waals surface area (Å²) in [7, 11) is 1.62. The van der Waals surface area contributed by atoms with E-state index in [1.165, 1.54) is 0 Å². The summed E-state index contributed by atoms with van der Waals surface area (Å²) in [4.78, 5) is 19.7. The Morgan fingerprint density at radius 1 is 1.14 bits per heavy atom. The second-order valence-corrected chi connectivity index (χ2v) is 7.60. The predicted molar refractivity (Wildman–Crippen MR) is 113 cm³/mol. The molecule has 0 bridgehead atoms. The van der Waals surface area contributed by atoms with Gasteiger partial charge in [-0.05, 0) is 62.6 Å². The van der Waals surface area contributed by atoms with Crippen LogP contribution >= 0.6 is 11.6 Å². The summed E-state index contributed by atoms with van der Waals surface area (Å²) < 4.78 is 6.89. The number of likely N-dealkylation sites (tertiary alicyclic amines) is 1. The number of hydrogen-bond donors (Lipinski definition) is 0. The fourth-order valence-electron chi connectivity index (χ4n) is 3.65. The molecule has 0 unspecified atom stereocenters. The standard InChI is InChI=1S/C22H23ClN4O2/c1-15-7-5-6-14-26(15)22(28)20-24-21(16-10-12-17(29-2)13-11-16)27(25-20)19-9-4-3-8-18(19)23/h3-4,8-13,15H,5-7,14H2,1-2H3/t15-/m0/s1. The highest BCUT2D eigenvalue weighted by atomic mass is 35.5. The molecule has 1 aromatic heterocycles. The summed E-state index contributed by atoms with van der Waals surface area (Å²) in [5, 5.41) is 5.11. The molecule has 1 fully saturated rings. The van der Waals surface area contributed by atoms with Gasteiger partial charge in [-0.15, -0.1) is 5.10 Å². The molecule has 4 rings (SSSR count). The number of halogens is 1. The fourth-order valence-corrected chi connectivity index (χ4v) is 3.87. The number of rotatable bonds is 4. The molecule has 1 atom stereocenters. The van der Waals surface area contributed by atoms with Gasteiger partial charge in [0.2, 0.25) is 5.82 Å². The lowest BCUT2D eigenvalue weighted by Crippen LogP contribution is -2.42. The number of piperidine rings is 1. The van der Waals surface area contributed by atoms with Crippen LogP contribution in [-0.4, -0.2) is 45.3 Å². The second-order valence-electron chi connectivity index (χ2n) is 7.19. The Bertz CT molecular complexity index is 1020. The van der Waals surface area contributed by atoms with Crippen LogP contribution in [0.2, 0.25) is 5.02 Å². The Labute approximate surface area is 175 Å². The molecular formula is C22H23ClN4O2. The van der Waals surface area contributed by atoms with Crippen LogP contribution in [0.3, 0.4) is 0 Å². The summed E-state index contributed by atoms with van der Waals surface area (Å²) >= 11 is 6.42. The highest BCUT2D eigenvalue weighted by molar-refractivity contribution is 6.32. The van der Waals surface area contributed by atoms with E-state index < -0.39 is 0 Å². The number of benzene rings is 2. The van der Waals surface area contributed by atoms with Crippen LogP contribution in [-0.2, 0) is 0 Å². The molecule has 1 aliphatic heterocycles. The van der Waals surface area contributed by atoms with E-state index >= 15 is 0 Å². The molecule has 1 aliphatic rings. The summed E-state index contributed by atoms with van der Waals surface area (Å²) in [6.45, 7) is 2.81. The molecule has 150 valence electrons. The SMILES string of the molecule is COc1ccc(-c2nc(C(=O)N3CCCC[C@@H]3C)nn2-c2ccccc2Cl)cc1. The smallest absolute Gasteiger partial charge is 0.293 e. The topological polar surface area (TPSA) is 60.2 Å². The van der Waals surface area contributed by atoms with Crippen LogP contribution in [0.1, 0.15) is 36.8 Å². The molecule has 29 heavy (non-hydrogen) atoms. The van der Waals surface area contributed by atoms with Crippen LogP contribution in [0, 0.1) is 0 Å². The molecule has 0 saturated carbocycles. The highest BCUT2D eigenvalue weighted by Crippen LogP contribution is 2.28. The third-order valence-electron chi connectivity index (χ3n) is 5.29. The largest absolute Gasteiger partial charge is 0.497 e. The number of aromatic nitrogens is 3. The van der Waals surface area contributed by atoms with E-state index in [-0.39, 0.29) is 17.8 Å². The van der Waals surface area contributed by atoms with Crippen molar-refractivity contribution in [2.24, 2.45) is 0 Å². The summed E-state index contributed by atoms with van der Waals surface area (Å²) in [5.74, 6) is 1.35. The van der Waals surface area contributed by atoms with Gasteiger partial charge in [-0.25, -0.2) is 9.67 Å². The summed E-state index contributed by atoms with van der Waals surface area (Å²) in [6.07, 6.45) is 3.15. The summed E-state index contributed by atoms with van der Waals surface area (Å²) in [5.41, 5.74) is 1.50. The normalized spacial score (nSPS) is 16.7. The molecule has 0 spiro atoms. The monoisotopic (exact) mass is 410 g/mol. The lowest BCUT2D eigenvalue weighted by atomic mass is 10.0. The molecule has 2 aromatic carbocycles. The Morgan fingerprint density at radius 3 is 2.59 bits per heavy atom. The third-order valence-corrected chi connectivity index (χ3v) is 5.61. The number of hydrogen-bond acceptors (Lipinski definition) is 4. The number of amides is 1. The first kappa shape index (κ1) is 19.5. The minimum absolute atomic E-state index is 0.141. The highest BCUT2D eigenvalue weighted by Gasteiger charge is 2.28. The van der Waals surface area contributed by atoms with Crippen molar-refractivity contribution < 1.29 is 9.53 Å². The maximum Gasteiger partial charge on any atom is 0.293 e. The zero-order valence-corrected chi connectivity index (χ0v) is 17.3. The molecular weight excluding hydrogens is 388 g/mol. The molecule has 6 nitrogen and oxygen atoms in total. The first-order valence-electron chi connectivity index (χ1n) is 9.76. The van der Waals surface area contributed by atoms with Crippen molar-refractivity contribution >= 4 is 17.5 Å². The van der Waals surface area contributed by atoms with Gasteiger partial charge in [0.1, 0.15) is 5.75 Å². The van der Waals surface area contributed by atoms with Crippen LogP contribution in [0.4, 0.5) is 0 Å². The van der Waals surface area contributed by atoms with Crippen LogP contribution in [0.25, 0.3) is 17.1 Å². The van der Waals surface area contributed by atoms with E-state index in [9.17, 15) is 4.79 Å². The number of nitrogens with zero attached hydrogens (tertiary/aromatic N) is 4. The van der Waals surface area contributed by atoms with Gasteiger partial charge < -0.3 is 9.64 Å². The fraction of sp³-hybridized carbons (Fsp3) is 0.318. The lowest BCUT2D eigenvalue weighted by Gasteiger charge is -2.32. The third kappa shape index (κ3) is 3.85. The van der Waals surface area contributed by atoms with Crippen molar-refractivity contribution in [3.63, 3.8) is 0 Å². The van der Waals surface area contributed by atoms with Crippen molar-refractivity contribution in [3.05, 3.63) is 59.4 Å². The van der Waals surface area contributed by atoms with E-state index in [4.69, 9.17) is 16.3 Å². The molecule has 7 heteroatoms. The zero-order valence-electron chi connectivity index (χ0n) is 16.5. The number of methoxy groups -OCH3 is 1. The first-order valence-corrected chi connectivity index (χ1v) is 10.1. The maximum atomic E-state index is 13.2. The van der Waals surface area contributed by atoms with Crippen molar-refractivity contribution in [2.45, 2.75) is 32.2 Å². The number of carbonyl (C=O) groups excluding carboxylic acids is 1. The van der Waals surface area contributed by atoms with Gasteiger partial charge in [0.05, 0.1) is 17.8 Å².